The van der Waals surface area contributed by atoms with Gasteiger partial charge >= 0.3 is 0 Å². The number of amides is 1. The summed E-state index contributed by atoms with van der Waals surface area (Å²) in [4.78, 5) is 11.7. The number of fused-ring (bicyclic) bond motifs is 4. The van der Waals surface area contributed by atoms with Crippen LogP contribution in [-0.4, -0.2) is 90.6 Å². The van der Waals surface area contributed by atoms with Crippen LogP contribution in [0.4, 0.5) is 5.69 Å². The lowest BCUT2D eigenvalue weighted by atomic mass is 9.80. The van der Waals surface area contributed by atoms with Crippen LogP contribution in [0, 0.1) is 11.8 Å². The number of carbonyl (C=O) groups is 1. The molecule has 3 saturated heterocycles. The summed E-state index contributed by atoms with van der Waals surface area (Å²) in [6, 6.07) is 13.1. The van der Waals surface area contributed by atoms with Crippen LogP contribution in [0.25, 0.3) is 0 Å². The lowest BCUT2D eigenvalue weighted by Gasteiger charge is -2.53. The summed E-state index contributed by atoms with van der Waals surface area (Å²) in [5.74, 6) is 0.855. The normalized spacial score (nSPS) is 26.1. The second-order valence-corrected chi connectivity index (χ2v) is 14.3. The number of aliphatic hydroxyl groups excluding tert-OH is 1. The van der Waals surface area contributed by atoms with Gasteiger partial charge in [-0.05, 0) is 36.8 Å². The monoisotopic (exact) mass is 731 g/mol. The van der Waals surface area contributed by atoms with Crippen LogP contribution in [0.5, 0.6) is 11.5 Å². The van der Waals surface area contributed by atoms with Crippen molar-refractivity contribution in [2.45, 2.75) is 88.7 Å². The fourth-order valence-electron chi connectivity index (χ4n) is 8.47. The van der Waals surface area contributed by atoms with Gasteiger partial charge in [-0.1, -0.05) is 56.5 Å². The number of aliphatic hydroxyl groups is 2. The second-order valence-electron chi connectivity index (χ2n) is 14.3. The zero-order chi connectivity index (χ0) is 32.9. The molecule has 1 amide bonds. The summed E-state index contributed by atoms with van der Waals surface area (Å²) < 4.78 is 19.6. The van der Waals surface area contributed by atoms with Crippen molar-refractivity contribution in [2.75, 3.05) is 57.9 Å². The number of halogens is 1. The van der Waals surface area contributed by atoms with Gasteiger partial charge in [0.25, 0.3) is 5.91 Å². The maximum atomic E-state index is 12.0. The first kappa shape index (κ1) is 37.0. The molecule has 4 atom stereocenters. The molecule has 11 heteroatoms. The fourth-order valence-corrected chi connectivity index (χ4v) is 8.47. The van der Waals surface area contributed by atoms with E-state index in [4.69, 9.17) is 14.2 Å². The molecule has 0 spiro atoms. The third-order valence-corrected chi connectivity index (χ3v) is 11.1. The summed E-state index contributed by atoms with van der Waals surface area (Å²) in [6.45, 7) is 7.58. The Morgan fingerprint density at radius 3 is 2.60 bits per heavy atom. The number of phenols is 1. The van der Waals surface area contributed by atoms with Crippen molar-refractivity contribution >= 4 is 11.6 Å². The maximum absolute atomic E-state index is 12.0. The smallest absolute Gasteiger partial charge is 0.262 e. The Morgan fingerprint density at radius 2 is 1.88 bits per heavy atom. The van der Waals surface area contributed by atoms with E-state index in [9.17, 15) is 20.1 Å². The van der Waals surface area contributed by atoms with Gasteiger partial charge in [0, 0.05) is 43.4 Å². The van der Waals surface area contributed by atoms with Crippen molar-refractivity contribution in [3.05, 3.63) is 53.6 Å². The number of nitrogens with one attached hydrogen (secondary N) is 2. The topological polar surface area (TPSA) is 130 Å². The van der Waals surface area contributed by atoms with Crippen molar-refractivity contribution in [3.8, 4) is 11.5 Å². The molecule has 5 aliphatic rings. The Labute approximate surface area is 295 Å². The molecule has 0 aromatic heterocycles. The van der Waals surface area contributed by atoms with Crippen molar-refractivity contribution in [1.82, 2.24) is 5.32 Å². The van der Waals surface area contributed by atoms with Gasteiger partial charge in [-0.25, -0.2) is 0 Å². The third-order valence-electron chi connectivity index (χ3n) is 11.1. The molecule has 266 valence electrons. The molecule has 2 aromatic rings. The standard InChI is InChI=1S/C37H53N3O7.BrH/c1-2-9-35(38-22-32(42)30-20-29(41)21-31-36(30)46-24-34(43)39-31)45-19-8-16-40-17-14-26(15-18-40)33(23-40)47-25-37(44,28-12-6-7-13-28)27-10-4-3-5-11-27;/h3-5,10-11,20-21,26,28,32-33,35,38,42,44H,2,6-9,12-19,22-25H2,1H3,(H-,39,41,43);1H/t26?,32-,33-,35?,37+,40?;/m0./s1. The summed E-state index contributed by atoms with van der Waals surface area (Å²) >= 11 is 0. The Balaban J connectivity index is 0.00000451. The first-order valence-corrected chi connectivity index (χ1v) is 17.9. The number of quaternary nitrogens is 1. The summed E-state index contributed by atoms with van der Waals surface area (Å²) in [5.41, 5.74) is 0.842. The van der Waals surface area contributed by atoms with Gasteiger partial charge in [-0.3, -0.25) is 10.1 Å². The highest BCUT2D eigenvalue weighted by Gasteiger charge is 2.48. The molecule has 4 heterocycles. The lowest BCUT2D eigenvalue weighted by molar-refractivity contribution is -0.946. The van der Waals surface area contributed by atoms with Crippen LogP contribution in [0.2, 0.25) is 0 Å². The highest BCUT2D eigenvalue weighted by Crippen LogP contribution is 2.43. The van der Waals surface area contributed by atoms with E-state index in [0.717, 1.165) is 55.2 Å². The minimum absolute atomic E-state index is 0. The minimum atomic E-state index is -0.952. The molecule has 1 aliphatic carbocycles. The Hall–Kier alpha value is -2.25. The van der Waals surface area contributed by atoms with E-state index in [1.54, 1.807) is 0 Å². The molecule has 1 unspecified atom stereocenters. The lowest BCUT2D eigenvalue weighted by Crippen LogP contribution is -3.00. The van der Waals surface area contributed by atoms with Crippen molar-refractivity contribution in [2.24, 2.45) is 11.8 Å². The number of benzene rings is 2. The highest BCUT2D eigenvalue weighted by molar-refractivity contribution is 5.96. The zero-order valence-corrected chi connectivity index (χ0v) is 29.8. The van der Waals surface area contributed by atoms with Gasteiger partial charge < -0.3 is 56.3 Å². The molecule has 0 radical (unpaired) electrons. The number of piperidine rings is 3. The van der Waals surface area contributed by atoms with Crippen LogP contribution in [-0.2, 0) is 19.9 Å². The van der Waals surface area contributed by atoms with Crippen LogP contribution < -0.4 is 32.4 Å². The van der Waals surface area contributed by atoms with E-state index >= 15 is 0 Å². The molecule has 5 N–H and O–H groups in total. The summed E-state index contributed by atoms with van der Waals surface area (Å²) in [7, 11) is 0. The quantitative estimate of drug-likeness (QED) is 0.100. The Bertz CT molecular complexity index is 1340. The molecular formula is C37H54BrN3O7. The van der Waals surface area contributed by atoms with Gasteiger partial charge in [-0.15, -0.1) is 0 Å². The number of phenolic OH excluding ortho intramolecular Hbond substituents is 1. The second kappa shape index (κ2) is 16.6. The number of hydrogen-bond acceptors (Lipinski definition) is 8. The third kappa shape index (κ3) is 8.54. The predicted molar refractivity (Wildman–Crippen MR) is 179 cm³/mol. The summed E-state index contributed by atoms with van der Waals surface area (Å²) in [6.07, 6.45) is 8.49. The van der Waals surface area contributed by atoms with Crippen molar-refractivity contribution in [3.63, 3.8) is 0 Å². The van der Waals surface area contributed by atoms with Crippen molar-refractivity contribution in [1.29, 1.82) is 0 Å². The zero-order valence-electron chi connectivity index (χ0n) is 28.2. The van der Waals surface area contributed by atoms with Crippen LogP contribution >= 0.6 is 0 Å². The van der Waals surface area contributed by atoms with Gasteiger partial charge in [0.05, 0.1) is 44.6 Å². The number of rotatable bonds is 16. The number of ether oxygens (including phenoxy) is 3. The first-order valence-electron chi connectivity index (χ1n) is 17.9. The Morgan fingerprint density at radius 1 is 1.12 bits per heavy atom. The fraction of sp³-hybridized carbons (Fsp3) is 0.649. The Kier molecular flexibility index (Phi) is 12.8. The number of carbonyl (C=O) groups excluding carboxylic acids is 1. The SMILES string of the molecule is CCCC(NC[C@H](O)c1cc(O)cc2c1OCC(=O)N2)OCCC[N+]12CCC(CC1)[C@@H](OC[C@@](O)(c1ccccc1)C1CCCC1)C2.[Br-]. The van der Waals surface area contributed by atoms with E-state index in [1.807, 2.05) is 18.2 Å². The molecule has 4 fully saturated rings. The van der Waals surface area contributed by atoms with E-state index < -0.39 is 11.7 Å². The number of anilines is 1. The first-order chi connectivity index (χ1) is 22.8. The maximum Gasteiger partial charge on any atom is 0.262 e. The molecular weight excluding hydrogens is 678 g/mol. The van der Waals surface area contributed by atoms with E-state index in [2.05, 4.69) is 29.7 Å². The largest absolute Gasteiger partial charge is 1.00 e. The average molecular weight is 733 g/mol. The molecule has 1 saturated carbocycles. The van der Waals surface area contributed by atoms with E-state index in [1.165, 1.54) is 50.9 Å². The number of aromatic hydroxyl groups is 1. The van der Waals surface area contributed by atoms with Crippen LogP contribution in [0.1, 0.15) is 81.9 Å². The van der Waals surface area contributed by atoms with E-state index in [-0.39, 0.29) is 60.0 Å². The molecule has 2 aromatic carbocycles. The van der Waals surface area contributed by atoms with Gasteiger partial charge in [0.15, 0.2) is 6.61 Å². The van der Waals surface area contributed by atoms with E-state index in [0.29, 0.717) is 36.1 Å². The average Bonchev–Trinajstić information content (AvgIpc) is 3.64. The van der Waals surface area contributed by atoms with Gasteiger partial charge in [0.2, 0.25) is 0 Å². The predicted octanol–water partition coefficient (Wildman–Crippen LogP) is 1.59. The minimum Gasteiger partial charge on any atom is -1.00 e. The molecule has 48 heavy (non-hydrogen) atoms. The molecule has 10 nitrogen and oxygen atoms in total. The molecule has 2 bridgehead atoms. The number of hydrogen-bond donors (Lipinski definition) is 5. The van der Waals surface area contributed by atoms with Gasteiger partial charge in [-0.2, -0.15) is 0 Å². The summed E-state index contributed by atoms with van der Waals surface area (Å²) in [5, 5.41) is 39.2. The molecule has 4 aliphatic heterocycles. The van der Waals surface area contributed by atoms with Crippen LogP contribution in [0.15, 0.2) is 42.5 Å². The van der Waals surface area contributed by atoms with Crippen LogP contribution in [0.3, 0.4) is 0 Å². The van der Waals surface area contributed by atoms with Crippen molar-refractivity contribution < 1.29 is 55.8 Å². The van der Waals surface area contributed by atoms with Gasteiger partial charge in [0.1, 0.15) is 36.0 Å². The highest BCUT2D eigenvalue weighted by atomic mass is 79.9. The number of nitrogens with zero attached hydrogens (tertiary/aromatic N) is 1. The molecule has 7 rings (SSSR count).